The number of H-pyrrole nitrogens is 1. The Bertz CT molecular complexity index is 901. The summed E-state index contributed by atoms with van der Waals surface area (Å²) in [5, 5.41) is 0. The highest BCUT2D eigenvalue weighted by Crippen LogP contribution is 2.30. The zero-order chi connectivity index (χ0) is 20.0. The van der Waals surface area contributed by atoms with Crippen molar-refractivity contribution in [2.24, 2.45) is 0 Å². The Balaban J connectivity index is 2.96. The van der Waals surface area contributed by atoms with Crippen LogP contribution in [0.5, 0.6) is 0 Å². The number of Topliss-reactive ketones (excluding diaryl/α,β-unsaturated/α-hetero) is 1. The molecule has 27 heavy (non-hydrogen) atoms. The number of ether oxygens (including phenoxy) is 2. The Labute approximate surface area is 156 Å². The molecule has 0 radical (unpaired) electrons. The number of rotatable bonds is 8. The van der Waals surface area contributed by atoms with Crippen LogP contribution in [0, 0.1) is 0 Å². The molecule has 2 aromatic rings. The first-order chi connectivity index (χ1) is 13.0. The molecule has 1 heterocycles. The second-order valence-electron chi connectivity index (χ2n) is 5.65. The minimum absolute atomic E-state index is 0.0570. The molecule has 2 rings (SSSR count). The van der Waals surface area contributed by atoms with Gasteiger partial charge in [-0.25, -0.2) is 4.79 Å². The van der Waals surface area contributed by atoms with Crippen LogP contribution in [0.1, 0.15) is 53.2 Å². The Morgan fingerprint density at radius 3 is 2.30 bits per heavy atom. The molecule has 1 aromatic carbocycles. The van der Waals surface area contributed by atoms with Gasteiger partial charge in [-0.2, -0.15) is 0 Å². The van der Waals surface area contributed by atoms with Gasteiger partial charge in [0.1, 0.15) is 6.10 Å². The number of hydrogen-bond acceptors (Lipinski definition) is 6. The molecule has 0 fully saturated rings. The van der Waals surface area contributed by atoms with Crippen LogP contribution in [0.15, 0.2) is 35.1 Å². The van der Waals surface area contributed by atoms with Gasteiger partial charge in [0.2, 0.25) is 0 Å². The third-order valence-electron chi connectivity index (χ3n) is 3.90. The second-order valence-corrected chi connectivity index (χ2v) is 5.65. The zero-order valence-corrected chi connectivity index (χ0v) is 15.4. The number of aromatic amines is 1. The summed E-state index contributed by atoms with van der Waals surface area (Å²) in [6, 6.07) is 8.65. The molecule has 0 saturated heterocycles. The van der Waals surface area contributed by atoms with Crippen molar-refractivity contribution < 1.29 is 23.9 Å². The molecule has 142 valence electrons. The number of nitrogens with one attached hydrogen (secondary N) is 1. The number of carbonyl (C=O) groups is 3. The minimum Gasteiger partial charge on any atom is -0.462 e. The summed E-state index contributed by atoms with van der Waals surface area (Å²) in [6.45, 7) is 4.73. The summed E-state index contributed by atoms with van der Waals surface area (Å²) < 4.78 is 10.5. The van der Waals surface area contributed by atoms with E-state index in [0.717, 1.165) is 0 Å². The van der Waals surface area contributed by atoms with Crippen LogP contribution in [0.2, 0.25) is 0 Å². The van der Waals surface area contributed by atoms with Gasteiger partial charge >= 0.3 is 5.97 Å². The highest BCUT2D eigenvalue weighted by molar-refractivity contribution is 6.04. The lowest BCUT2D eigenvalue weighted by Crippen LogP contribution is -2.28. The Hall–Kier alpha value is -3.06. The van der Waals surface area contributed by atoms with Crippen LogP contribution in [0.4, 0.5) is 0 Å². The number of carbonyl (C=O) groups excluding carboxylic acids is 3. The van der Waals surface area contributed by atoms with E-state index in [1.807, 2.05) is 0 Å². The number of ketones is 1. The molecule has 7 heteroatoms. The summed E-state index contributed by atoms with van der Waals surface area (Å²) in [7, 11) is 0. The molecule has 0 aliphatic rings. The summed E-state index contributed by atoms with van der Waals surface area (Å²) in [5.41, 5.74) is -0.404. The molecular formula is C20H21NO6. The van der Waals surface area contributed by atoms with E-state index in [9.17, 15) is 19.2 Å². The summed E-state index contributed by atoms with van der Waals surface area (Å²) in [6.07, 6.45) is -0.791. The molecule has 1 N–H and O–H groups in total. The van der Waals surface area contributed by atoms with Crippen molar-refractivity contribution in [2.45, 2.75) is 26.9 Å². The normalized spacial score (nSPS) is 11.7. The van der Waals surface area contributed by atoms with Crippen LogP contribution in [0.3, 0.4) is 0 Å². The zero-order valence-electron chi connectivity index (χ0n) is 15.4. The first-order valence-electron chi connectivity index (χ1n) is 8.56. The van der Waals surface area contributed by atoms with Gasteiger partial charge in [-0.15, -0.1) is 0 Å². The third kappa shape index (κ3) is 4.20. The lowest BCUT2D eigenvalue weighted by molar-refractivity contribution is -0.118. The predicted molar refractivity (Wildman–Crippen MR) is 98.9 cm³/mol. The highest BCUT2D eigenvalue weighted by Gasteiger charge is 2.31. The smallest absolute Gasteiger partial charge is 0.340 e. The molecular weight excluding hydrogens is 350 g/mol. The molecule has 0 spiro atoms. The van der Waals surface area contributed by atoms with Crippen LogP contribution in [0.25, 0.3) is 11.3 Å². The van der Waals surface area contributed by atoms with Crippen molar-refractivity contribution in [1.29, 1.82) is 0 Å². The number of pyridine rings is 1. The first-order valence-corrected chi connectivity index (χ1v) is 8.56. The summed E-state index contributed by atoms with van der Waals surface area (Å²) in [5.74, 6) is -1.33. The van der Waals surface area contributed by atoms with Gasteiger partial charge in [0.05, 0.1) is 23.4 Å². The molecule has 0 aliphatic heterocycles. The fraction of sp³-hybridized carbons (Fsp3) is 0.300. The van der Waals surface area contributed by atoms with E-state index in [4.69, 9.17) is 9.47 Å². The monoisotopic (exact) mass is 371 g/mol. The van der Waals surface area contributed by atoms with E-state index in [0.29, 0.717) is 11.8 Å². The van der Waals surface area contributed by atoms with Crippen LogP contribution < -0.4 is 5.56 Å². The fourth-order valence-corrected chi connectivity index (χ4v) is 2.86. The van der Waals surface area contributed by atoms with Crippen molar-refractivity contribution in [3.05, 3.63) is 57.4 Å². The SMILES string of the molecule is CCOC(=O)c1c(-c2ccccc2)[nH]c(=O)c(C(C)=O)c1C(C=O)OCC. The minimum atomic E-state index is -1.25. The average molecular weight is 371 g/mol. The van der Waals surface area contributed by atoms with Gasteiger partial charge in [-0.05, 0) is 26.3 Å². The molecule has 7 nitrogen and oxygen atoms in total. The number of benzene rings is 1. The lowest BCUT2D eigenvalue weighted by Gasteiger charge is -2.20. The van der Waals surface area contributed by atoms with Gasteiger partial charge in [0, 0.05) is 12.2 Å². The standard InChI is InChI=1S/C20H21NO6/c1-4-26-14(11-22)16-15(12(3)23)19(24)21-18(13-9-7-6-8-10-13)17(16)20(25)27-5-2/h6-11,14H,4-5H2,1-3H3,(H,21,24). The van der Waals surface area contributed by atoms with Crippen molar-refractivity contribution in [3.8, 4) is 11.3 Å². The van der Waals surface area contributed by atoms with Crippen molar-refractivity contribution >= 4 is 18.0 Å². The molecule has 0 aliphatic carbocycles. The highest BCUT2D eigenvalue weighted by atomic mass is 16.5. The predicted octanol–water partition coefficient (Wildman–Crippen LogP) is 2.70. The topological polar surface area (TPSA) is 103 Å². The largest absolute Gasteiger partial charge is 0.462 e. The molecule has 1 unspecified atom stereocenters. The maximum Gasteiger partial charge on any atom is 0.340 e. The van der Waals surface area contributed by atoms with Crippen LogP contribution in [-0.4, -0.2) is 36.2 Å². The quantitative estimate of drug-likeness (QED) is 0.435. The third-order valence-corrected chi connectivity index (χ3v) is 3.90. The van der Waals surface area contributed by atoms with Gasteiger partial charge in [-0.1, -0.05) is 30.3 Å². The molecule has 1 aromatic heterocycles. The van der Waals surface area contributed by atoms with Gasteiger partial charge in [0.15, 0.2) is 12.1 Å². The molecule has 0 saturated carbocycles. The van der Waals surface area contributed by atoms with Gasteiger partial charge in [-0.3, -0.25) is 9.59 Å². The number of esters is 1. The molecule has 0 amide bonds. The van der Waals surface area contributed by atoms with Crippen molar-refractivity contribution in [2.75, 3.05) is 13.2 Å². The average Bonchev–Trinajstić information content (AvgIpc) is 2.65. The van der Waals surface area contributed by atoms with E-state index in [-0.39, 0.29) is 35.6 Å². The maximum atomic E-state index is 12.7. The lowest BCUT2D eigenvalue weighted by atomic mass is 9.92. The molecule has 1 atom stereocenters. The van der Waals surface area contributed by atoms with Crippen LogP contribution >= 0.6 is 0 Å². The Morgan fingerprint density at radius 2 is 1.78 bits per heavy atom. The van der Waals surface area contributed by atoms with E-state index < -0.39 is 23.4 Å². The second kappa shape index (κ2) is 9.05. The maximum absolute atomic E-state index is 12.7. The molecule has 0 bridgehead atoms. The Morgan fingerprint density at radius 1 is 1.11 bits per heavy atom. The van der Waals surface area contributed by atoms with E-state index >= 15 is 0 Å². The summed E-state index contributed by atoms with van der Waals surface area (Å²) in [4.78, 5) is 51.8. The van der Waals surface area contributed by atoms with E-state index in [1.165, 1.54) is 6.92 Å². The van der Waals surface area contributed by atoms with Crippen molar-refractivity contribution in [3.63, 3.8) is 0 Å². The fourth-order valence-electron chi connectivity index (χ4n) is 2.86. The number of aromatic nitrogens is 1. The Kier molecular flexibility index (Phi) is 6.79. The van der Waals surface area contributed by atoms with Gasteiger partial charge < -0.3 is 19.3 Å². The first kappa shape index (κ1) is 20.3. The van der Waals surface area contributed by atoms with E-state index in [2.05, 4.69) is 4.98 Å². The van der Waals surface area contributed by atoms with Crippen molar-refractivity contribution in [1.82, 2.24) is 4.98 Å². The number of hydrogen-bond donors (Lipinski definition) is 1. The van der Waals surface area contributed by atoms with E-state index in [1.54, 1.807) is 44.2 Å². The number of aldehydes is 1. The van der Waals surface area contributed by atoms with Crippen LogP contribution in [-0.2, 0) is 14.3 Å². The summed E-state index contributed by atoms with van der Waals surface area (Å²) >= 11 is 0. The van der Waals surface area contributed by atoms with Gasteiger partial charge in [0.25, 0.3) is 5.56 Å².